The van der Waals surface area contributed by atoms with Crippen LogP contribution in [0.3, 0.4) is 0 Å². The molecule has 4 heteroatoms. The summed E-state index contributed by atoms with van der Waals surface area (Å²) >= 11 is 6.22. The predicted molar refractivity (Wildman–Crippen MR) is 73.7 cm³/mol. The van der Waals surface area contributed by atoms with Crippen molar-refractivity contribution in [2.24, 2.45) is 5.92 Å². The van der Waals surface area contributed by atoms with E-state index in [1.54, 1.807) is 6.20 Å². The second kappa shape index (κ2) is 7.02. The Labute approximate surface area is 110 Å². The number of halogens is 1. The molecule has 1 rings (SSSR count). The van der Waals surface area contributed by atoms with Crippen LogP contribution < -0.4 is 5.32 Å². The molecule has 0 saturated carbocycles. The van der Waals surface area contributed by atoms with E-state index in [0.717, 1.165) is 24.7 Å². The molecule has 0 amide bonds. The van der Waals surface area contributed by atoms with Gasteiger partial charge in [-0.1, -0.05) is 32.4 Å². The number of nitrogens with one attached hydrogen (secondary N) is 1. The Morgan fingerprint density at radius 3 is 2.71 bits per heavy atom. The third-order valence-electron chi connectivity index (χ3n) is 3.31. The van der Waals surface area contributed by atoms with Crippen LogP contribution in [0, 0.1) is 5.92 Å². The Morgan fingerprint density at radius 1 is 1.41 bits per heavy atom. The van der Waals surface area contributed by atoms with E-state index in [2.05, 4.69) is 38.1 Å². The van der Waals surface area contributed by atoms with Crippen molar-refractivity contribution in [3.8, 4) is 0 Å². The fourth-order valence-corrected chi connectivity index (χ4v) is 2.34. The second-order valence-electron chi connectivity index (χ2n) is 4.66. The van der Waals surface area contributed by atoms with Crippen LogP contribution in [-0.2, 0) is 6.54 Å². The molecule has 0 saturated heterocycles. The third kappa shape index (κ3) is 3.71. The molecule has 0 radical (unpaired) electrons. The van der Waals surface area contributed by atoms with Crippen molar-refractivity contribution in [1.29, 1.82) is 0 Å². The average Bonchev–Trinajstić information content (AvgIpc) is 2.69. The van der Waals surface area contributed by atoms with Gasteiger partial charge in [-0.2, -0.15) is 5.10 Å². The SMILES string of the molecule is CCCNCC(C)C(C)c1c(Cl)cnn1CC. The largest absolute Gasteiger partial charge is 0.316 e. The first kappa shape index (κ1) is 14.5. The number of aromatic nitrogens is 2. The van der Waals surface area contributed by atoms with Gasteiger partial charge in [0, 0.05) is 12.5 Å². The Bertz CT molecular complexity index is 335. The van der Waals surface area contributed by atoms with Gasteiger partial charge in [0.05, 0.1) is 16.9 Å². The van der Waals surface area contributed by atoms with Crippen molar-refractivity contribution in [2.45, 2.75) is 46.6 Å². The lowest BCUT2D eigenvalue weighted by atomic mass is 9.92. The van der Waals surface area contributed by atoms with E-state index in [-0.39, 0.29) is 0 Å². The number of hydrogen-bond donors (Lipinski definition) is 1. The lowest BCUT2D eigenvalue weighted by molar-refractivity contribution is 0.424. The first-order chi connectivity index (χ1) is 8.11. The summed E-state index contributed by atoms with van der Waals surface area (Å²) in [6.45, 7) is 11.8. The first-order valence-corrected chi connectivity index (χ1v) is 6.91. The Kier molecular flexibility index (Phi) is 6.00. The Balaban J connectivity index is 2.67. The predicted octanol–water partition coefficient (Wildman–Crippen LogP) is 3.30. The first-order valence-electron chi connectivity index (χ1n) is 6.53. The quantitative estimate of drug-likeness (QED) is 0.760. The molecule has 0 aromatic carbocycles. The highest BCUT2D eigenvalue weighted by molar-refractivity contribution is 6.31. The van der Waals surface area contributed by atoms with Crippen LogP contribution in [0.2, 0.25) is 5.02 Å². The monoisotopic (exact) mass is 257 g/mol. The smallest absolute Gasteiger partial charge is 0.0820 e. The molecular formula is C13H24ClN3. The zero-order valence-electron chi connectivity index (χ0n) is 11.3. The summed E-state index contributed by atoms with van der Waals surface area (Å²) in [7, 11) is 0. The van der Waals surface area contributed by atoms with Crippen LogP contribution in [0.4, 0.5) is 0 Å². The molecule has 0 bridgehead atoms. The van der Waals surface area contributed by atoms with E-state index in [1.165, 1.54) is 12.1 Å². The van der Waals surface area contributed by atoms with Crippen LogP contribution in [0.25, 0.3) is 0 Å². The second-order valence-corrected chi connectivity index (χ2v) is 5.07. The van der Waals surface area contributed by atoms with Crippen molar-refractivity contribution in [1.82, 2.24) is 15.1 Å². The van der Waals surface area contributed by atoms with Crippen LogP contribution in [0.5, 0.6) is 0 Å². The van der Waals surface area contributed by atoms with Crippen LogP contribution in [0.15, 0.2) is 6.20 Å². The standard InChI is InChI=1S/C13H24ClN3/c1-5-7-15-8-10(3)11(4)13-12(14)9-16-17(13)6-2/h9-11,15H,5-8H2,1-4H3. The van der Waals surface area contributed by atoms with Gasteiger partial charge in [0.15, 0.2) is 0 Å². The maximum atomic E-state index is 6.22. The van der Waals surface area contributed by atoms with Gasteiger partial charge in [0.1, 0.15) is 0 Å². The number of nitrogens with zero attached hydrogens (tertiary/aromatic N) is 2. The maximum absolute atomic E-state index is 6.22. The van der Waals surface area contributed by atoms with Crippen LogP contribution in [-0.4, -0.2) is 22.9 Å². The summed E-state index contributed by atoms with van der Waals surface area (Å²) in [5.41, 5.74) is 1.17. The average molecular weight is 258 g/mol. The van der Waals surface area contributed by atoms with Gasteiger partial charge >= 0.3 is 0 Å². The molecule has 3 nitrogen and oxygen atoms in total. The summed E-state index contributed by atoms with van der Waals surface area (Å²) in [6, 6.07) is 0. The molecule has 2 atom stereocenters. The van der Waals surface area contributed by atoms with Crippen molar-refractivity contribution < 1.29 is 0 Å². The number of hydrogen-bond acceptors (Lipinski definition) is 2. The summed E-state index contributed by atoms with van der Waals surface area (Å²) in [5.74, 6) is 0.982. The molecule has 1 heterocycles. The molecule has 1 N–H and O–H groups in total. The molecule has 17 heavy (non-hydrogen) atoms. The zero-order valence-corrected chi connectivity index (χ0v) is 12.1. The molecule has 0 aliphatic rings. The molecule has 0 aliphatic carbocycles. The highest BCUT2D eigenvalue weighted by atomic mass is 35.5. The number of aryl methyl sites for hydroxylation is 1. The highest BCUT2D eigenvalue weighted by Gasteiger charge is 2.20. The molecule has 0 spiro atoms. The van der Waals surface area contributed by atoms with E-state index in [4.69, 9.17) is 11.6 Å². The fourth-order valence-electron chi connectivity index (χ4n) is 2.03. The molecular weight excluding hydrogens is 234 g/mol. The van der Waals surface area contributed by atoms with Gasteiger partial charge < -0.3 is 5.32 Å². The van der Waals surface area contributed by atoms with E-state index < -0.39 is 0 Å². The van der Waals surface area contributed by atoms with E-state index in [1.807, 2.05) is 4.68 Å². The third-order valence-corrected chi connectivity index (χ3v) is 3.60. The molecule has 0 fully saturated rings. The molecule has 1 aromatic rings. The molecule has 98 valence electrons. The minimum Gasteiger partial charge on any atom is -0.316 e. The lowest BCUT2D eigenvalue weighted by Crippen LogP contribution is -2.26. The zero-order chi connectivity index (χ0) is 12.8. The Morgan fingerprint density at radius 2 is 2.12 bits per heavy atom. The van der Waals surface area contributed by atoms with Crippen LogP contribution in [0.1, 0.15) is 45.7 Å². The van der Waals surface area contributed by atoms with Crippen molar-refractivity contribution >= 4 is 11.6 Å². The van der Waals surface area contributed by atoms with E-state index >= 15 is 0 Å². The normalized spacial score (nSPS) is 14.9. The fraction of sp³-hybridized carbons (Fsp3) is 0.769. The topological polar surface area (TPSA) is 29.9 Å². The molecule has 0 aliphatic heterocycles. The van der Waals surface area contributed by atoms with Gasteiger partial charge in [-0.05, 0) is 32.4 Å². The number of rotatable bonds is 7. The molecule has 2 unspecified atom stereocenters. The van der Waals surface area contributed by atoms with Gasteiger partial charge in [-0.15, -0.1) is 0 Å². The Hall–Kier alpha value is -0.540. The summed E-state index contributed by atoms with van der Waals surface area (Å²) < 4.78 is 2.00. The van der Waals surface area contributed by atoms with Gasteiger partial charge in [-0.3, -0.25) is 4.68 Å². The van der Waals surface area contributed by atoms with Gasteiger partial charge in [0.25, 0.3) is 0 Å². The summed E-state index contributed by atoms with van der Waals surface area (Å²) in [5, 5.41) is 8.55. The van der Waals surface area contributed by atoms with Gasteiger partial charge in [0.2, 0.25) is 0 Å². The van der Waals surface area contributed by atoms with Crippen molar-refractivity contribution in [2.75, 3.05) is 13.1 Å². The van der Waals surface area contributed by atoms with Crippen LogP contribution >= 0.6 is 11.6 Å². The maximum Gasteiger partial charge on any atom is 0.0820 e. The summed E-state index contributed by atoms with van der Waals surface area (Å²) in [6.07, 6.45) is 2.93. The van der Waals surface area contributed by atoms with E-state index in [9.17, 15) is 0 Å². The van der Waals surface area contributed by atoms with E-state index in [0.29, 0.717) is 11.8 Å². The minimum absolute atomic E-state index is 0.425. The minimum atomic E-state index is 0.425. The highest BCUT2D eigenvalue weighted by Crippen LogP contribution is 2.29. The lowest BCUT2D eigenvalue weighted by Gasteiger charge is -2.21. The van der Waals surface area contributed by atoms with Crippen molar-refractivity contribution in [3.63, 3.8) is 0 Å². The summed E-state index contributed by atoms with van der Waals surface area (Å²) in [4.78, 5) is 0. The van der Waals surface area contributed by atoms with Gasteiger partial charge in [-0.25, -0.2) is 0 Å². The van der Waals surface area contributed by atoms with Crippen molar-refractivity contribution in [3.05, 3.63) is 16.9 Å². The molecule has 1 aromatic heterocycles.